The van der Waals surface area contributed by atoms with Gasteiger partial charge in [0.1, 0.15) is 0 Å². The predicted octanol–water partition coefficient (Wildman–Crippen LogP) is 1.18. The molecule has 0 aromatic carbocycles. The van der Waals surface area contributed by atoms with Crippen molar-refractivity contribution in [2.45, 2.75) is 32.8 Å². The van der Waals surface area contributed by atoms with E-state index in [1.807, 2.05) is 6.92 Å². The van der Waals surface area contributed by atoms with Gasteiger partial charge in [-0.15, -0.1) is 0 Å². The molecule has 1 unspecified atom stereocenters. The van der Waals surface area contributed by atoms with Crippen molar-refractivity contribution in [3.05, 3.63) is 0 Å². The number of rotatable bonds is 5. The van der Waals surface area contributed by atoms with Crippen LogP contribution in [0.2, 0.25) is 0 Å². The van der Waals surface area contributed by atoms with Crippen molar-refractivity contribution >= 4 is 5.84 Å². The molecule has 2 N–H and O–H groups in total. The zero-order valence-corrected chi connectivity index (χ0v) is 7.63. The quantitative estimate of drug-likeness (QED) is 0.482. The molecule has 3 heteroatoms. The second kappa shape index (κ2) is 6.16. The number of methoxy groups -OCH3 is 1. The zero-order chi connectivity index (χ0) is 8.69. The van der Waals surface area contributed by atoms with Crippen LogP contribution >= 0.6 is 0 Å². The fraction of sp³-hybridized carbons (Fsp3) is 0.875. The maximum absolute atomic E-state index is 5.61. The summed E-state index contributed by atoms with van der Waals surface area (Å²) in [5.41, 5.74) is 5.61. The van der Waals surface area contributed by atoms with Crippen LogP contribution in [-0.4, -0.2) is 25.6 Å². The molecule has 0 saturated carbocycles. The van der Waals surface area contributed by atoms with Gasteiger partial charge in [-0.2, -0.15) is 0 Å². The number of hydrogen-bond donors (Lipinski definition) is 1. The highest BCUT2D eigenvalue weighted by Gasteiger charge is 2.00. The summed E-state index contributed by atoms with van der Waals surface area (Å²) in [6, 6.07) is 0. The van der Waals surface area contributed by atoms with Gasteiger partial charge in [0.25, 0.3) is 0 Å². The van der Waals surface area contributed by atoms with Gasteiger partial charge in [0.15, 0.2) is 0 Å². The van der Waals surface area contributed by atoms with Crippen LogP contribution in [0.1, 0.15) is 26.7 Å². The molecule has 0 aliphatic carbocycles. The normalized spacial score (nSPS) is 15.0. The monoisotopic (exact) mass is 158 g/mol. The highest BCUT2D eigenvalue weighted by Crippen LogP contribution is 1.94. The second-order valence-electron chi connectivity index (χ2n) is 2.62. The summed E-state index contributed by atoms with van der Waals surface area (Å²) in [4.78, 5) is 4.14. The maximum Gasteiger partial charge on any atom is 0.0963 e. The molecule has 0 radical (unpaired) electrons. The number of hydrogen-bond acceptors (Lipinski definition) is 2. The molecule has 66 valence electrons. The molecule has 0 spiro atoms. The van der Waals surface area contributed by atoms with E-state index in [4.69, 9.17) is 10.5 Å². The zero-order valence-electron chi connectivity index (χ0n) is 7.63. The largest absolute Gasteiger partial charge is 0.387 e. The Morgan fingerprint density at radius 2 is 2.27 bits per heavy atom. The number of nitrogens with zero attached hydrogens (tertiary/aromatic N) is 1. The predicted molar refractivity (Wildman–Crippen MR) is 47.9 cm³/mol. The van der Waals surface area contributed by atoms with Crippen LogP contribution in [0.4, 0.5) is 0 Å². The minimum Gasteiger partial charge on any atom is -0.387 e. The smallest absolute Gasteiger partial charge is 0.0963 e. The first-order valence-corrected chi connectivity index (χ1v) is 4.02. The lowest BCUT2D eigenvalue weighted by atomic mass is 10.2. The Kier molecular flexibility index (Phi) is 5.84. The summed E-state index contributed by atoms with van der Waals surface area (Å²) in [5, 5.41) is 0. The van der Waals surface area contributed by atoms with E-state index in [-0.39, 0.29) is 6.10 Å². The van der Waals surface area contributed by atoms with Crippen molar-refractivity contribution in [1.82, 2.24) is 0 Å². The fourth-order valence-corrected chi connectivity index (χ4v) is 0.698. The van der Waals surface area contributed by atoms with E-state index >= 15 is 0 Å². The Morgan fingerprint density at radius 3 is 2.73 bits per heavy atom. The third-order valence-corrected chi connectivity index (χ3v) is 1.44. The van der Waals surface area contributed by atoms with E-state index in [1.165, 1.54) is 0 Å². The second-order valence-corrected chi connectivity index (χ2v) is 2.62. The SMILES string of the molecule is CCCN=C(N)CC(C)OC. The maximum atomic E-state index is 5.61. The summed E-state index contributed by atoms with van der Waals surface area (Å²) < 4.78 is 5.04. The summed E-state index contributed by atoms with van der Waals surface area (Å²) in [7, 11) is 1.68. The van der Waals surface area contributed by atoms with E-state index in [9.17, 15) is 0 Å². The summed E-state index contributed by atoms with van der Waals surface area (Å²) in [5.74, 6) is 0.696. The molecular formula is C8H18N2O. The molecule has 0 aliphatic heterocycles. The minimum absolute atomic E-state index is 0.176. The van der Waals surface area contributed by atoms with Crippen molar-refractivity contribution in [2.75, 3.05) is 13.7 Å². The third kappa shape index (κ3) is 5.85. The Labute approximate surface area is 68.6 Å². The van der Waals surface area contributed by atoms with Gasteiger partial charge >= 0.3 is 0 Å². The first-order chi connectivity index (χ1) is 5.20. The van der Waals surface area contributed by atoms with Crippen molar-refractivity contribution in [3.63, 3.8) is 0 Å². The Morgan fingerprint density at radius 1 is 1.64 bits per heavy atom. The van der Waals surface area contributed by atoms with E-state index in [2.05, 4.69) is 11.9 Å². The van der Waals surface area contributed by atoms with Crippen LogP contribution in [0.15, 0.2) is 4.99 Å². The van der Waals surface area contributed by atoms with Gasteiger partial charge in [-0.05, 0) is 13.3 Å². The lowest BCUT2D eigenvalue weighted by Gasteiger charge is -2.07. The Balaban J connectivity index is 3.57. The van der Waals surface area contributed by atoms with Crippen LogP contribution in [0, 0.1) is 0 Å². The van der Waals surface area contributed by atoms with E-state index in [1.54, 1.807) is 7.11 Å². The number of nitrogens with two attached hydrogens (primary N) is 1. The molecule has 3 nitrogen and oxygen atoms in total. The van der Waals surface area contributed by atoms with Crippen molar-refractivity contribution in [2.24, 2.45) is 10.7 Å². The molecule has 0 aromatic rings. The molecule has 0 aliphatic rings. The number of aliphatic imine (C=N–C) groups is 1. The topological polar surface area (TPSA) is 47.6 Å². The lowest BCUT2D eigenvalue weighted by Crippen LogP contribution is -2.20. The third-order valence-electron chi connectivity index (χ3n) is 1.44. The molecule has 11 heavy (non-hydrogen) atoms. The highest BCUT2D eigenvalue weighted by molar-refractivity contribution is 5.80. The molecule has 0 fully saturated rings. The van der Waals surface area contributed by atoms with Crippen molar-refractivity contribution < 1.29 is 4.74 Å². The van der Waals surface area contributed by atoms with Gasteiger partial charge < -0.3 is 10.5 Å². The molecule has 0 heterocycles. The van der Waals surface area contributed by atoms with Crippen molar-refractivity contribution in [1.29, 1.82) is 0 Å². The average Bonchev–Trinajstić information content (AvgIpc) is 2.00. The van der Waals surface area contributed by atoms with Gasteiger partial charge in [-0.25, -0.2) is 0 Å². The van der Waals surface area contributed by atoms with Gasteiger partial charge in [0, 0.05) is 20.1 Å². The minimum atomic E-state index is 0.176. The van der Waals surface area contributed by atoms with E-state index in [0.29, 0.717) is 5.84 Å². The number of amidine groups is 1. The molecule has 0 amide bonds. The van der Waals surface area contributed by atoms with Gasteiger partial charge in [0.2, 0.25) is 0 Å². The van der Waals surface area contributed by atoms with Gasteiger partial charge in [-0.3, -0.25) is 4.99 Å². The average molecular weight is 158 g/mol. The Hall–Kier alpha value is -0.570. The summed E-state index contributed by atoms with van der Waals surface area (Å²) in [6.45, 7) is 4.88. The molecule has 0 aromatic heterocycles. The molecule has 1 atom stereocenters. The van der Waals surface area contributed by atoms with Crippen LogP contribution in [0.3, 0.4) is 0 Å². The van der Waals surface area contributed by atoms with Gasteiger partial charge in [0.05, 0.1) is 11.9 Å². The highest BCUT2D eigenvalue weighted by atomic mass is 16.5. The molecule has 0 saturated heterocycles. The lowest BCUT2D eigenvalue weighted by molar-refractivity contribution is 0.124. The summed E-state index contributed by atoms with van der Waals surface area (Å²) in [6.07, 6.45) is 1.95. The standard InChI is InChI=1S/C8H18N2O/c1-4-5-10-8(9)6-7(2)11-3/h7H,4-6H2,1-3H3,(H2,9,10). The van der Waals surface area contributed by atoms with E-state index < -0.39 is 0 Å². The van der Waals surface area contributed by atoms with E-state index in [0.717, 1.165) is 19.4 Å². The first kappa shape index (κ1) is 10.4. The first-order valence-electron chi connectivity index (χ1n) is 4.02. The molecule has 0 bridgehead atoms. The molecule has 0 rings (SSSR count). The van der Waals surface area contributed by atoms with Crippen LogP contribution < -0.4 is 5.73 Å². The van der Waals surface area contributed by atoms with Gasteiger partial charge in [-0.1, -0.05) is 6.92 Å². The van der Waals surface area contributed by atoms with Crippen LogP contribution in [-0.2, 0) is 4.74 Å². The van der Waals surface area contributed by atoms with Crippen molar-refractivity contribution in [3.8, 4) is 0 Å². The van der Waals surface area contributed by atoms with Crippen LogP contribution in [0.5, 0.6) is 0 Å². The number of ether oxygens (including phenoxy) is 1. The molecular weight excluding hydrogens is 140 g/mol. The van der Waals surface area contributed by atoms with Crippen LogP contribution in [0.25, 0.3) is 0 Å². The fourth-order valence-electron chi connectivity index (χ4n) is 0.698. The summed E-state index contributed by atoms with van der Waals surface area (Å²) >= 11 is 0. The Bertz CT molecular complexity index is 123.